The summed E-state index contributed by atoms with van der Waals surface area (Å²) in [5.74, 6) is 0.371. The first-order valence-corrected chi connectivity index (χ1v) is 8.43. The molecule has 1 amide bonds. The van der Waals surface area contributed by atoms with Crippen molar-refractivity contribution in [1.29, 1.82) is 0 Å². The van der Waals surface area contributed by atoms with Crippen molar-refractivity contribution in [2.45, 2.75) is 18.2 Å². The van der Waals surface area contributed by atoms with Crippen LogP contribution in [0, 0.1) is 5.82 Å². The van der Waals surface area contributed by atoms with E-state index in [1.54, 1.807) is 30.0 Å². The number of hydrogen-bond donors (Lipinski definition) is 1. The maximum absolute atomic E-state index is 12.8. The van der Waals surface area contributed by atoms with Gasteiger partial charge in [0.05, 0.1) is 12.6 Å². The Morgan fingerprint density at radius 3 is 2.74 bits per heavy atom. The molecule has 6 heteroatoms. The maximum atomic E-state index is 12.8. The predicted molar refractivity (Wildman–Crippen MR) is 93.7 cm³/mol. The van der Waals surface area contributed by atoms with E-state index in [0.717, 1.165) is 16.2 Å². The maximum Gasteiger partial charge on any atom is 0.244 e. The fourth-order valence-electron chi connectivity index (χ4n) is 1.92. The predicted octanol–water partition coefficient (Wildman–Crippen LogP) is 4.28. The molecular formula is C17H16ClFN2OS. The molecule has 3 nitrogen and oxygen atoms in total. The first-order valence-electron chi connectivity index (χ1n) is 7.07. The van der Waals surface area contributed by atoms with Crippen LogP contribution in [-0.2, 0) is 11.2 Å². The minimum absolute atomic E-state index is 0.198. The summed E-state index contributed by atoms with van der Waals surface area (Å²) in [4.78, 5) is 13.0. The monoisotopic (exact) mass is 350 g/mol. The molecule has 2 aromatic carbocycles. The number of carbonyl (C=O) groups is 1. The third-order valence-electron chi connectivity index (χ3n) is 2.95. The van der Waals surface area contributed by atoms with Crippen molar-refractivity contribution in [3.63, 3.8) is 0 Å². The Morgan fingerprint density at radius 2 is 2.04 bits per heavy atom. The fourth-order valence-corrected chi connectivity index (χ4v) is 2.91. The highest BCUT2D eigenvalue weighted by atomic mass is 35.5. The molecule has 0 aliphatic rings. The van der Waals surface area contributed by atoms with Gasteiger partial charge in [0.2, 0.25) is 5.91 Å². The third kappa shape index (κ3) is 5.69. The van der Waals surface area contributed by atoms with Crippen LogP contribution in [0.1, 0.15) is 18.1 Å². The summed E-state index contributed by atoms with van der Waals surface area (Å²) in [7, 11) is 0. The average Bonchev–Trinajstić information content (AvgIpc) is 2.52. The second-order valence-corrected chi connectivity index (χ2v) is 6.45. The second kappa shape index (κ2) is 8.70. The molecule has 0 bridgehead atoms. The lowest BCUT2D eigenvalue weighted by Gasteiger charge is -2.08. The van der Waals surface area contributed by atoms with Gasteiger partial charge in [-0.15, -0.1) is 11.8 Å². The molecule has 0 radical (unpaired) electrons. The van der Waals surface area contributed by atoms with Gasteiger partial charge in [0, 0.05) is 9.92 Å². The van der Waals surface area contributed by atoms with Crippen LogP contribution >= 0.6 is 23.4 Å². The van der Waals surface area contributed by atoms with Crippen molar-refractivity contribution in [3.8, 4) is 0 Å². The van der Waals surface area contributed by atoms with Gasteiger partial charge in [-0.3, -0.25) is 4.79 Å². The zero-order chi connectivity index (χ0) is 16.7. The van der Waals surface area contributed by atoms with Crippen LogP contribution < -0.4 is 5.43 Å². The number of nitrogens with one attached hydrogen (secondary N) is 1. The molecule has 0 atom stereocenters. The highest BCUT2D eigenvalue weighted by Gasteiger charge is 2.08. The van der Waals surface area contributed by atoms with E-state index >= 15 is 0 Å². The summed E-state index contributed by atoms with van der Waals surface area (Å²) in [6.45, 7) is 2.05. The minimum Gasteiger partial charge on any atom is -0.273 e. The molecule has 120 valence electrons. The van der Waals surface area contributed by atoms with Crippen LogP contribution in [0.4, 0.5) is 4.39 Å². The normalized spacial score (nSPS) is 10.9. The van der Waals surface area contributed by atoms with Crippen molar-refractivity contribution >= 4 is 35.5 Å². The Kier molecular flexibility index (Phi) is 6.62. The zero-order valence-corrected chi connectivity index (χ0v) is 14.1. The number of thioether (sulfide) groups is 1. The molecule has 0 aliphatic heterocycles. The molecule has 0 unspecified atom stereocenters. The third-order valence-corrected chi connectivity index (χ3v) is 4.18. The molecule has 0 saturated carbocycles. The largest absolute Gasteiger partial charge is 0.273 e. The highest BCUT2D eigenvalue weighted by Crippen LogP contribution is 2.26. The highest BCUT2D eigenvalue weighted by molar-refractivity contribution is 7.99. The summed E-state index contributed by atoms with van der Waals surface area (Å²) in [5, 5.41) is 4.48. The van der Waals surface area contributed by atoms with Crippen LogP contribution in [0.3, 0.4) is 0 Å². The molecule has 0 aromatic heterocycles. The molecule has 2 rings (SSSR count). The van der Waals surface area contributed by atoms with Gasteiger partial charge in [0.15, 0.2) is 0 Å². The smallest absolute Gasteiger partial charge is 0.244 e. The lowest BCUT2D eigenvalue weighted by atomic mass is 10.1. The molecule has 0 heterocycles. The van der Waals surface area contributed by atoms with E-state index in [0.29, 0.717) is 10.6 Å². The van der Waals surface area contributed by atoms with Crippen molar-refractivity contribution in [2.24, 2.45) is 5.10 Å². The van der Waals surface area contributed by atoms with Gasteiger partial charge in [-0.1, -0.05) is 30.7 Å². The van der Waals surface area contributed by atoms with Crippen molar-refractivity contribution in [2.75, 3.05) is 5.75 Å². The first-order chi connectivity index (χ1) is 11.1. The number of amides is 1. The molecule has 0 saturated heterocycles. The van der Waals surface area contributed by atoms with E-state index in [4.69, 9.17) is 11.6 Å². The Hall–Kier alpha value is -1.85. The lowest BCUT2D eigenvalue weighted by molar-refractivity contribution is -0.120. The Bertz CT molecular complexity index is 704. The van der Waals surface area contributed by atoms with E-state index in [-0.39, 0.29) is 18.1 Å². The van der Waals surface area contributed by atoms with E-state index in [9.17, 15) is 9.18 Å². The topological polar surface area (TPSA) is 41.5 Å². The fraction of sp³-hybridized carbons (Fsp3) is 0.176. The number of benzene rings is 2. The number of nitrogens with zero attached hydrogens (tertiary/aromatic N) is 1. The minimum atomic E-state index is -0.312. The molecule has 0 fully saturated rings. The van der Waals surface area contributed by atoms with Gasteiger partial charge in [0.1, 0.15) is 5.82 Å². The molecule has 0 aliphatic carbocycles. The standard InChI is InChI=1S/C17H16ClFN2OS/c1-2-23-16-8-5-14(18)9-13(16)10-17(22)21-20-11-12-3-6-15(19)7-4-12/h3-9,11H,2,10H2,1H3,(H,21,22)/b20-11-. The van der Waals surface area contributed by atoms with E-state index in [1.165, 1.54) is 18.3 Å². The quantitative estimate of drug-likeness (QED) is 0.480. The van der Waals surface area contributed by atoms with Crippen molar-refractivity contribution in [3.05, 3.63) is 64.4 Å². The van der Waals surface area contributed by atoms with Crippen LogP contribution in [-0.4, -0.2) is 17.9 Å². The number of rotatable bonds is 6. The zero-order valence-electron chi connectivity index (χ0n) is 12.6. The second-order valence-electron chi connectivity index (χ2n) is 4.71. The SMILES string of the molecule is CCSc1ccc(Cl)cc1CC(=O)N/N=C\c1ccc(F)cc1. The molecule has 0 spiro atoms. The Balaban J connectivity index is 1.97. The van der Waals surface area contributed by atoms with Gasteiger partial charge in [-0.05, 0) is 47.2 Å². The van der Waals surface area contributed by atoms with Crippen molar-refractivity contribution < 1.29 is 9.18 Å². The lowest BCUT2D eigenvalue weighted by Crippen LogP contribution is -2.20. The van der Waals surface area contributed by atoms with Crippen molar-refractivity contribution in [1.82, 2.24) is 5.43 Å². The van der Waals surface area contributed by atoms with Crippen LogP contribution in [0.25, 0.3) is 0 Å². The number of hydrazone groups is 1. The van der Waals surface area contributed by atoms with Crippen LogP contribution in [0.2, 0.25) is 5.02 Å². The van der Waals surface area contributed by atoms with Gasteiger partial charge in [-0.2, -0.15) is 5.10 Å². The van der Waals surface area contributed by atoms with E-state index in [2.05, 4.69) is 17.5 Å². The van der Waals surface area contributed by atoms with Gasteiger partial charge in [-0.25, -0.2) is 9.82 Å². The Morgan fingerprint density at radius 1 is 1.30 bits per heavy atom. The first kappa shape index (κ1) is 17.5. The summed E-state index contributed by atoms with van der Waals surface area (Å²) in [6, 6.07) is 11.4. The average molecular weight is 351 g/mol. The van der Waals surface area contributed by atoms with Gasteiger partial charge in [0.25, 0.3) is 0 Å². The molecule has 1 N–H and O–H groups in total. The Labute approximate surface area is 143 Å². The van der Waals surface area contributed by atoms with Crippen LogP contribution in [0.5, 0.6) is 0 Å². The number of carbonyl (C=O) groups excluding carboxylic acids is 1. The van der Waals surface area contributed by atoms with Gasteiger partial charge < -0.3 is 0 Å². The summed E-state index contributed by atoms with van der Waals surface area (Å²) in [6.07, 6.45) is 1.67. The van der Waals surface area contributed by atoms with Crippen LogP contribution in [0.15, 0.2) is 52.5 Å². The van der Waals surface area contributed by atoms with E-state index < -0.39 is 0 Å². The van der Waals surface area contributed by atoms with Gasteiger partial charge >= 0.3 is 0 Å². The van der Waals surface area contributed by atoms with E-state index in [1.807, 2.05) is 12.1 Å². The molecule has 2 aromatic rings. The summed E-state index contributed by atoms with van der Waals surface area (Å²) < 4.78 is 12.8. The summed E-state index contributed by atoms with van der Waals surface area (Å²) >= 11 is 7.66. The molecule has 23 heavy (non-hydrogen) atoms. The number of hydrogen-bond acceptors (Lipinski definition) is 3. The summed E-state index contributed by atoms with van der Waals surface area (Å²) in [5.41, 5.74) is 4.05. The molecular weight excluding hydrogens is 335 g/mol. The number of halogens is 2.